The fourth-order valence-corrected chi connectivity index (χ4v) is 2.09. The first kappa shape index (κ1) is 14.9. The topological polar surface area (TPSA) is 32.3 Å². The summed E-state index contributed by atoms with van der Waals surface area (Å²) in [6.45, 7) is 10.8. The highest BCUT2D eigenvalue weighted by molar-refractivity contribution is 5.25. The molecule has 100 valence electrons. The quantitative estimate of drug-likeness (QED) is 0.726. The third-order valence-corrected chi connectivity index (χ3v) is 3.29. The average molecular weight is 247 g/mol. The molecule has 0 heterocycles. The predicted molar refractivity (Wildman–Crippen MR) is 77.6 cm³/mol. The number of aryl methyl sites for hydroxylation is 1. The first-order chi connectivity index (χ1) is 8.60. The highest BCUT2D eigenvalue weighted by atomic mass is 16.3. The van der Waals surface area contributed by atoms with E-state index in [9.17, 15) is 5.11 Å². The molecule has 0 bridgehead atoms. The maximum absolute atomic E-state index is 10.4. The molecule has 1 aromatic carbocycles. The van der Waals surface area contributed by atoms with Gasteiger partial charge in [0, 0.05) is 12.6 Å². The van der Waals surface area contributed by atoms with E-state index >= 15 is 0 Å². The molecule has 2 heteroatoms. The maximum atomic E-state index is 10.4. The van der Waals surface area contributed by atoms with Crippen molar-refractivity contribution in [2.45, 2.75) is 39.3 Å². The van der Waals surface area contributed by atoms with Crippen LogP contribution >= 0.6 is 0 Å². The fourth-order valence-electron chi connectivity index (χ4n) is 2.09. The van der Waals surface area contributed by atoms with E-state index in [-0.39, 0.29) is 6.04 Å². The fraction of sp³-hybridized carbons (Fsp3) is 0.500. The second kappa shape index (κ2) is 7.34. The van der Waals surface area contributed by atoms with E-state index in [1.165, 1.54) is 5.56 Å². The van der Waals surface area contributed by atoms with Gasteiger partial charge >= 0.3 is 0 Å². The van der Waals surface area contributed by atoms with Crippen molar-refractivity contribution in [1.29, 1.82) is 0 Å². The molecular weight excluding hydrogens is 222 g/mol. The Labute approximate surface area is 111 Å². The van der Waals surface area contributed by atoms with Crippen LogP contribution in [0.4, 0.5) is 0 Å². The molecule has 1 rings (SSSR count). The van der Waals surface area contributed by atoms with E-state index in [4.69, 9.17) is 0 Å². The summed E-state index contributed by atoms with van der Waals surface area (Å²) in [4.78, 5) is 0. The van der Waals surface area contributed by atoms with E-state index in [1.807, 2.05) is 18.2 Å². The van der Waals surface area contributed by atoms with Crippen molar-refractivity contribution >= 4 is 0 Å². The summed E-state index contributed by atoms with van der Waals surface area (Å²) >= 11 is 0. The van der Waals surface area contributed by atoms with Gasteiger partial charge in [0.2, 0.25) is 0 Å². The third kappa shape index (κ3) is 3.97. The van der Waals surface area contributed by atoms with Crippen LogP contribution in [0.3, 0.4) is 0 Å². The van der Waals surface area contributed by atoms with Gasteiger partial charge < -0.3 is 10.4 Å². The number of hydrogen-bond acceptors (Lipinski definition) is 2. The standard InChI is InChI=1S/C16H25NO/c1-5-11-17-15(12(3)4)16(18)14-9-7-13(6-2)8-10-14/h5,7-10,12,15-18H,1,6,11H2,2-4H3. The normalized spacial score (nSPS) is 14.5. The zero-order valence-corrected chi connectivity index (χ0v) is 11.7. The van der Waals surface area contributed by atoms with Gasteiger partial charge in [0.05, 0.1) is 6.10 Å². The SMILES string of the molecule is C=CCNC(C(C)C)C(O)c1ccc(CC)cc1. The summed E-state index contributed by atoms with van der Waals surface area (Å²) in [5.74, 6) is 0.366. The van der Waals surface area contributed by atoms with Gasteiger partial charge in [-0.1, -0.05) is 51.1 Å². The van der Waals surface area contributed by atoms with Crippen molar-refractivity contribution in [3.8, 4) is 0 Å². The molecule has 2 unspecified atom stereocenters. The number of benzene rings is 1. The minimum atomic E-state index is -0.476. The van der Waals surface area contributed by atoms with Crippen molar-refractivity contribution in [1.82, 2.24) is 5.32 Å². The minimum absolute atomic E-state index is 0.0514. The Hall–Kier alpha value is -1.12. The molecule has 0 radical (unpaired) electrons. The van der Waals surface area contributed by atoms with Crippen LogP contribution in [0.15, 0.2) is 36.9 Å². The third-order valence-electron chi connectivity index (χ3n) is 3.29. The van der Waals surface area contributed by atoms with E-state index in [0.717, 1.165) is 12.0 Å². The van der Waals surface area contributed by atoms with E-state index in [1.54, 1.807) is 0 Å². The van der Waals surface area contributed by atoms with Gasteiger partial charge in [-0.25, -0.2) is 0 Å². The van der Waals surface area contributed by atoms with Crippen molar-refractivity contribution < 1.29 is 5.11 Å². The summed E-state index contributed by atoms with van der Waals surface area (Å²) in [7, 11) is 0. The molecule has 0 amide bonds. The van der Waals surface area contributed by atoms with Crippen molar-refractivity contribution in [3.05, 3.63) is 48.0 Å². The lowest BCUT2D eigenvalue weighted by atomic mass is 9.92. The molecule has 0 saturated heterocycles. The smallest absolute Gasteiger partial charge is 0.0945 e. The second-order valence-corrected chi connectivity index (χ2v) is 5.01. The van der Waals surface area contributed by atoms with Gasteiger partial charge in [0.25, 0.3) is 0 Å². The van der Waals surface area contributed by atoms with Crippen molar-refractivity contribution in [2.75, 3.05) is 6.54 Å². The lowest BCUT2D eigenvalue weighted by molar-refractivity contribution is 0.107. The van der Waals surface area contributed by atoms with Gasteiger partial charge in [-0.3, -0.25) is 0 Å². The van der Waals surface area contributed by atoms with E-state index in [0.29, 0.717) is 12.5 Å². The Morgan fingerprint density at radius 3 is 2.33 bits per heavy atom. The van der Waals surface area contributed by atoms with Crippen LogP contribution in [-0.2, 0) is 6.42 Å². The Balaban J connectivity index is 2.79. The van der Waals surface area contributed by atoms with Crippen LogP contribution in [0.5, 0.6) is 0 Å². The largest absolute Gasteiger partial charge is 0.387 e. The van der Waals surface area contributed by atoms with E-state index < -0.39 is 6.10 Å². The molecule has 2 N–H and O–H groups in total. The Bertz CT molecular complexity index is 356. The molecule has 0 spiro atoms. The van der Waals surface area contributed by atoms with Gasteiger partial charge in [0.1, 0.15) is 0 Å². The summed E-state index contributed by atoms with van der Waals surface area (Å²) in [5, 5.41) is 13.8. The van der Waals surface area contributed by atoms with Crippen LogP contribution in [0, 0.1) is 5.92 Å². The highest BCUT2D eigenvalue weighted by Crippen LogP contribution is 2.22. The molecule has 0 fully saturated rings. The number of hydrogen-bond donors (Lipinski definition) is 2. The summed E-state index contributed by atoms with van der Waals surface area (Å²) in [6, 6.07) is 8.27. The molecule has 0 saturated carbocycles. The second-order valence-electron chi connectivity index (χ2n) is 5.01. The Morgan fingerprint density at radius 1 is 1.28 bits per heavy atom. The monoisotopic (exact) mass is 247 g/mol. The zero-order chi connectivity index (χ0) is 13.5. The van der Waals surface area contributed by atoms with Gasteiger partial charge in [0.15, 0.2) is 0 Å². The number of rotatable bonds is 7. The highest BCUT2D eigenvalue weighted by Gasteiger charge is 2.22. The molecular formula is C16H25NO. The van der Waals surface area contributed by atoms with Crippen LogP contribution < -0.4 is 5.32 Å². The van der Waals surface area contributed by atoms with E-state index in [2.05, 4.69) is 44.8 Å². The maximum Gasteiger partial charge on any atom is 0.0945 e. The van der Waals surface area contributed by atoms with Crippen molar-refractivity contribution in [2.24, 2.45) is 5.92 Å². The lowest BCUT2D eigenvalue weighted by Gasteiger charge is -2.27. The molecule has 2 nitrogen and oxygen atoms in total. The van der Waals surface area contributed by atoms with Crippen LogP contribution in [-0.4, -0.2) is 17.7 Å². The summed E-state index contributed by atoms with van der Waals surface area (Å²) in [6.07, 6.45) is 2.37. The molecule has 18 heavy (non-hydrogen) atoms. The predicted octanol–water partition coefficient (Wildman–Crippen LogP) is 3.08. The summed E-state index contributed by atoms with van der Waals surface area (Å²) in [5.41, 5.74) is 2.27. The molecule has 1 aromatic rings. The van der Waals surface area contributed by atoms with Gasteiger partial charge in [-0.2, -0.15) is 0 Å². The Kier molecular flexibility index (Phi) is 6.10. The van der Waals surface area contributed by atoms with Gasteiger partial charge in [-0.05, 0) is 23.5 Å². The molecule has 0 aliphatic heterocycles. The van der Waals surface area contributed by atoms with Gasteiger partial charge in [-0.15, -0.1) is 6.58 Å². The van der Waals surface area contributed by atoms with Crippen LogP contribution in [0.1, 0.15) is 38.0 Å². The lowest BCUT2D eigenvalue weighted by Crippen LogP contribution is -2.39. The first-order valence-electron chi connectivity index (χ1n) is 6.71. The molecule has 0 aliphatic rings. The van der Waals surface area contributed by atoms with Crippen LogP contribution in [0.25, 0.3) is 0 Å². The number of aliphatic hydroxyl groups is 1. The van der Waals surface area contributed by atoms with Crippen LogP contribution in [0.2, 0.25) is 0 Å². The zero-order valence-electron chi connectivity index (χ0n) is 11.7. The first-order valence-corrected chi connectivity index (χ1v) is 6.71. The summed E-state index contributed by atoms with van der Waals surface area (Å²) < 4.78 is 0. The molecule has 0 aliphatic carbocycles. The molecule has 0 aromatic heterocycles. The number of aliphatic hydroxyl groups excluding tert-OH is 1. The average Bonchev–Trinajstić information content (AvgIpc) is 2.38. The Morgan fingerprint density at radius 2 is 1.89 bits per heavy atom. The van der Waals surface area contributed by atoms with Crippen molar-refractivity contribution in [3.63, 3.8) is 0 Å². The molecule has 2 atom stereocenters. The minimum Gasteiger partial charge on any atom is -0.387 e. The number of nitrogens with one attached hydrogen (secondary N) is 1.